The highest BCUT2D eigenvalue weighted by Crippen LogP contribution is 2.29. The maximum Gasteiger partial charge on any atom is 0.206 e. The van der Waals surface area contributed by atoms with Gasteiger partial charge in [-0.05, 0) is 25.1 Å². The Morgan fingerprint density at radius 3 is 2.50 bits per heavy atom. The van der Waals surface area contributed by atoms with Gasteiger partial charge in [-0.2, -0.15) is 5.10 Å². The number of aromatic nitrogens is 2. The van der Waals surface area contributed by atoms with Crippen molar-refractivity contribution in [3.05, 3.63) is 53.6 Å². The van der Waals surface area contributed by atoms with Gasteiger partial charge in [-0.1, -0.05) is 41.9 Å². The van der Waals surface area contributed by atoms with Crippen LogP contribution in [-0.2, 0) is 11.3 Å². The summed E-state index contributed by atoms with van der Waals surface area (Å²) in [5.41, 5.74) is 3.24. The molecule has 3 aromatic rings. The fourth-order valence-electron chi connectivity index (χ4n) is 2.20. The number of rotatable bonds is 3. The van der Waals surface area contributed by atoms with Gasteiger partial charge in [0.25, 0.3) is 0 Å². The van der Waals surface area contributed by atoms with E-state index in [0.29, 0.717) is 6.41 Å². The molecule has 0 aliphatic heterocycles. The predicted molar refractivity (Wildman–Crippen MR) is 91.0 cm³/mol. The molecule has 0 atom stereocenters. The molecule has 1 heterocycles. The van der Waals surface area contributed by atoms with Crippen LogP contribution in [0.4, 0.5) is 0 Å². The number of hydrogen-bond acceptors (Lipinski definition) is 2. The van der Waals surface area contributed by atoms with E-state index >= 15 is 0 Å². The van der Waals surface area contributed by atoms with E-state index in [1.54, 1.807) is 7.05 Å². The van der Waals surface area contributed by atoms with Gasteiger partial charge >= 0.3 is 0 Å². The zero-order valence-corrected chi connectivity index (χ0v) is 13.3. The molecule has 4 nitrogen and oxygen atoms in total. The first-order valence-electron chi connectivity index (χ1n) is 7.03. The van der Waals surface area contributed by atoms with Gasteiger partial charge < -0.3 is 5.32 Å². The van der Waals surface area contributed by atoms with E-state index in [2.05, 4.69) is 29.5 Å². The van der Waals surface area contributed by atoms with Gasteiger partial charge in [-0.15, -0.1) is 0 Å². The Kier molecular flexibility index (Phi) is 5.55. The lowest BCUT2D eigenvalue weighted by molar-refractivity contribution is -0.109. The van der Waals surface area contributed by atoms with Gasteiger partial charge in [0.05, 0.1) is 5.52 Å². The van der Waals surface area contributed by atoms with Crippen molar-refractivity contribution in [2.24, 2.45) is 0 Å². The van der Waals surface area contributed by atoms with Crippen molar-refractivity contribution in [2.75, 3.05) is 7.05 Å². The first-order valence-corrected chi connectivity index (χ1v) is 7.41. The van der Waals surface area contributed by atoms with Crippen LogP contribution in [0.15, 0.2) is 48.5 Å². The second-order valence-corrected chi connectivity index (χ2v) is 5.03. The number of hydrogen-bond donors (Lipinski definition) is 1. The van der Waals surface area contributed by atoms with Crippen molar-refractivity contribution in [1.29, 1.82) is 0 Å². The number of amides is 1. The summed E-state index contributed by atoms with van der Waals surface area (Å²) in [5.74, 6) is 0. The van der Waals surface area contributed by atoms with E-state index < -0.39 is 0 Å². The molecule has 0 bridgehead atoms. The van der Waals surface area contributed by atoms with Gasteiger partial charge in [0.2, 0.25) is 6.41 Å². The Morgan fingerprint density at radius 2 is 1.91 bits per heavy atom. The molecule has 0 aliphatic carbocycles. The third-order valence-electron chi connectivity index (χ3n) is 3.18. The summed E-state index contributed by atoms with van der Waals surface area (Å²) in [5, 5.41) is 8.78. The van der Waals surface area contributed by atoms with Crippen molar-refractivity contribution in [2.45, 2.75) is 13.5 Å². The number of halogens is 1. The SMILES string of the molecule is CCn1nc(-c2ccccc2)c2cc(Cl)ccc21.CNC=O. The average molecular weight is 316 g/mol. The largest absolute Gasteiger partial charge is 0.362 e. The van der Waals surface area contributed by atoms with Crippen LogP contribution in [0.5, 0.6) is 0 Å². The monoisotopic (exact) mass is 315 g/mol. The standard InChI is InChI=1S/C15H13ClN2.C2H5NO/c1-2-18-14-9-8-12(16)10-13(14)15(17-18)11-6-4-3-5-7-11;1-3-2-4/h3-10H,2H2,1H3;2H,1H3,(H,3,4). The molecule has 0 unspecified atom stereocenters. The third-order valence-corrected chi connectivity index (χ3v) is 3.41. The number of carbonyl (C=O) groups is 1. The van der Waals surface area contributed by atoms with Crippen LogP contribution >= 0.6 is 11.6 Å². The maximum atomic E-state index is 9.06. The Bertz CT molecular complexity index is 753. The van der Waals surface area contributed by atoms with Crippen LogP contribution in [0.3, 0.4) is 0 Å². The van der Waals surface area contributed by atoms with Crippen LogP contribution < -0.4 is 5.32 Å². The average Bonchev–Trinajstić information content (AvgIpc) is 2.93. The van der Waals surface area contributed by atoms with Crippen LogP contribution in [-0.4, -0.2) is 23.2 Å². The minimum atomic E-state index is 0.625. The van der Waals surface area contributed by atoms with Crippen molar-refractivity contribution in [3.63, 3.8) is 0 Å². The van der Waals surface area contributed by atoms with E-state index in [-0.39, 0.29) is 0 Å². The molecular formula is C17H18ClN3O. The molecule has 0 saturated carbocycles. The molecule has 2 aromatic carbocycles. The fourth-order valence-corrected chi connectivity index (χ4v) is 2.37. The molecule has 1 amide bonds. The van der Waals surface area contributed by atoms with Crippen molar-refractivity contribution in [1.82, 2.24) is 15.1 Å². The third kappa shape index (κ3) is 3.46. The quantitative estimate of drug-likeness (QED) is 0.748. The second-order valence-electron chi connectivity index (χ2n) is 4.60. The van der Waals surface area contributed by atoms with Crippen LogP contribution in [0, 0.1) is 0 Å². The number of nitrogens with one attached hydrogen (secondary N) is 1. The van der Waals surface area contributed by atoms with E-state index in [4.69, 9.17) is 16.4 Å². The van der Waals surface area contributed by atoms with E-state index in [1.165, 1.54) is 0 Å². The Labute approximate surface area is 134 Å². The minimum Gasteiger partial charge on any atom is -0.362 e. The zero-order valence-electron chi connectivity index (χ0n) is 12.6. The second kappa shape index (κ2) is 7.61. The molecule has 114 valence electrons. The van der Waals surface area contributed by atoms with Crippen LogP contribution in [0.25, 0.3) is 22.2 Å². The molecule has 3 rings (SSSR count). The molecule has 0 fully saturated rings. The lowest BCUT2D eigenvalue weighted by atomic mass is 10.1. The summed E-state index contributed by atoms with van der Waals surface area (Å²) in [6.07, 6.45) is 0.625. The molecule has 22 heavy (non-hydrogen) atoms. The summed E-state index contributed by atoms with van der Waals surface area (Å²) in [6, 6.07) is 16.1. The highest BCUT2D eigenvalue weighted by atomic mass is 35.5. The van der Waals surface area contributed by atoms with Gasteiger partial charge in [0, 0.05) is 29.6 Å². The zero-order chi connectivity index (χ0) is 15.9. The number of nitrogens with zero attached hydrogens (tertiary/aromatic N) is 2. The van der Waals surface area contributed by atoms with Crippen molar-refractivity contribution in [3.8, 4) is 11.3 Å². The van der Waals surface area contributed by atoms with E-state index in [0.717, 1.165) is 33.7 Å². The van der Waals surface area contributed by atoms with Crippen LogP contribution in [0.1, 0.15) is 6.92 Å². The summed E-state index contributed by atoms with van der Waals surface area (Å²) >= 11 is 6.09. The molecule has 0 saturated heterocycles. The van der Waals surface area contributed by atoms with Gasteiger partial charge in [-0.3, -0.25) is 9.48 Å². The molecule has 0 aliphatic rings. The number of aryl methyl sites for hydroxylation is 1. The lowest BCUT2D eigenvalue weighted by Gasteiger charge is -1.97. The fraction of sp³-hybridized carbons (Fsp3) is 0.176. The normalized spacial score (nSPS) is 9.95. The predicted octanol–water partition coefficient (Wildman–Crippen LogP) is 3.74. The number of fused-ring (bicyclic) bond motifs is 1. The highest BCUT2D eigenvalue weighted by Gasteiger charge is 2.11. The summed E-state index contributed by atoms with van der Waals surface area (Å²) in [4.78, 5) is 9.06. The Hall–Kier alpha value is -2.33. The molecule has 1 N–H and O–H groups in total. The smallest absolute Gasteiger partial charge is 0.206 e. The Balaban J connectivity index is 0.000000396. The van der Waals surface area contributed by atoms with Gasteiger partial charge in [0.1, 0.15) is 5.69 Å². The van der Waals surface area contributed by atoms with Crippen molar-refractivity contribution < 1.29 is 4.79 Å². The van der Waals surface area contributed by atoms with Gasteiger partial charge in [0.15, 0.2) is 0 Å². The summed E-state index contributed by atoms with van der Waals surface area (Å²) in [7, 11) is 1.56. The minimum absolute atomic E-state index is 0.625. The van der Waals surface area contributed by atoms with E-state index in [1.807, 2.05) is 41.1 Å². The Morgan fingerprint density at radius 1 is 1.23 bits per heavy atom. The van der Waals surface area contributed by atoms with Crippen LogP contribution in [0.2, 0.25) is 5.02 Å². The topological polar surface area (TPSA) is 46.9 Å². The van der Waals surface area contributed by atoms with Gasteiger partial charge in [-0.25, -0.2) is 0 Å². The summed E-state index contributed by atoms with van der Waals surface area (Å²) < 4.78 is 2.01. The molecule has 5 heteroatoms. The lowest BCUT2D eigenvalue weighted by Crippen LogP contribution is -1.98. The van der Waals surface area contributed by atoms with Crippen molar-refractivity contribution >= 4 is 28.9 Å². The first-order chi connectivity index (χ1) is 10.7. The molecule has 1 aromatic heterocycles. The molecular weight excluding hydrogens is 298 g/mol. The van der Waals surface area contributed by atoms with E-state index in [9.17, 15) is 0 Å². The highest BCUT2D eigenvalue weighted by molar-refractivity contribution is 6.31. The molecule has 0 spiro atoms. The number of benzene rings is 2. The summed E-state index contributed by atoms with van der Waals surface area (Å²) in [6.45, 7) is 2.95. The first kappa shape index (κ1) is 16.0. The maximum absolute atomic E-state index is 9.06. The number of carbonyl (C=O) groups excluding carboxylic acids is 1. The molecule has 0 radical (unpaired) electrons.